The molecule has 0 atom stereocenters. The molecule has 0 fully saturated rings. The van der Waals surface area contributed by atoms with Crippen molar-refractivity contribution in [2.75, 3.05) is 0 Å². The molecule has 2 heteroatoms. The second-order valence-electron chi connectivity index (χ2n) is 6.79. The number of hydrogen-bond acceptors (Lipinski definition) is 1. The number of benzene rings is 3. The van der Waals surface area contributed by atoms with Gasteiger partial charge in [-0.2, -0.15) is 0 Å². The first-order chi connectivity index (χ1) is 13.3. The van der Waals surface area contributed by atoms with Crippen LogP contribution in [0.3, 0.4) is 0 Å². The van der Waals surface area contributed by atoms with Crippen molar-refractivity contribution in [2.45, 2.75) is 26.8 Å². The summed E-state index contributed by atoms with van der Waals surface area (Å²) in [5.41, 5.74) is 6.94. The van der Waals surface area contributed by atoms with Crippen molar-refractivity contribution >= 4 is 22.3 Å². The third-order valence-corrected chi connectivity index (χ3v) is 4.96. The Labute approximate surface area is 160 Å². The Morgan fingerprint density at radius 2 is 1.44 bits per heavy atom. The van der Waals surface area contributed by atoms with Crippen LogP contribution in [-0.2, 0) is 6.54 Å². The Morgan fingerprint density at radius 3 is 2.15 bits per heavy atom. The lowest BCUT2D eigenvalue weighted by Gasteiger charge is -2.10. The molecule has 0 N–H and O–H groups in total. The molecule has 0 unspecified atom stereocenters. The summed E-state index contributed by atoms with van der Waals surface area (Å²) in [6.07, 6.45) is 1.11. The molecule has 3 aromatic carbocycles. The van der Waals surface area contributed by atoms with E-state index in [-0.39, 0.29) is 0 Å². The van der Waals surface area contributed by atoms with Crippen LogP contribution < -0.4 is 0 Å². The van der Waals surface area contributed by atoms with E-state index in [0.717, 1.165) is 29.9 Å². The fourth-order valence-corrected chi connectivity index (χ4v) is 3.73. The van der Waals surface area contributed by atoms with Crippen LogP contribution in [0.5, 0.6) is 0 Å². The Bertz CT molecular complexity index is 1070. The predicted molar refractivity (Wildman–Crippen MR) is 115 cm³/mol. The van der Waals surface area contributed by atoms with Crippen molar-refractivity contribution < 1.29 is 0 Å². The predicted octanol–water partition coefficient (Wildman–Crippen LogP) is 6.53. The van der Waals surface area contributed by atoms with Crippen molar-refractivity contribution in [1.29, 1.82) is 0 Å². The SMILES string of the molecule is CCCn1c(C)c(C(=Nc2ccccc2)c2ccccc2)c2ccccc21. The van der Waals surface area contributed by atoms with Gasteiger partial charge in [0.05, 0.1) is 11.4 Å². The molecule has 0 radical (unpaired) electrons. The van der Waals surface area contributed by atoms with Crippen molar-refractivity contribution in [3.63, 3.8) is 0 Å². The maximum atomic E-state index is 5.09. The minimum absolute atomic E-state index is 0.975. The van der Waals surface area contributed by atoms with Crippen LogP contribution in [0.15, 0.2) is 89.9 Å². The molecule has 0 aliphatic rings. The smallest absolute Gasteiger partial charge is 0.0805 e. The Morgan fingerprint density at radius 1 is 0.815 bits per heavy atom. The Hall–Kier alpha value is -3.13. The Kier molecular flexibility index (Phi) is 4.88. The van der Waals surface area contributed by atoms with Gasteiger partial charge in [0.2, 0.25) is 0 Å². The minimum atomic E-state index is 0.975. The first kappa shape index (κ1) is 17.3. The molecule has 0 amide bonds. The summed E-state index contributed by atoms with van der Waals surface area (Å²) in [5.74, 6) is 0. The standard InChI is InChI=1S/C25H24N2/c1-3-18-27-19(2)24(22-16-10-11-17-23(22)27)25(20-12-6-4-7-13-20)26-21-14-8-5-9-15-21/h4-17H,3,18H2,1-2H3. The van der Waals surface area contributed by atoms with Crippen molar-refractivity contribution in [3.8, 4) is 0 Å². The van der Waals surface area contributed by atoms with Gasteiger partial charge in [0.1, 0.15) is 0 Å². The van der Waals surface area contributed by atoms with E-state index in [1.54, 1.807) is 0 Å². The Balaban J connectivity index is 2.02. The van der Waals surface area contributed by atoms with Crippen molar-refractivity contribution in [1.82, 2.24) is 4.57 Å². The quantitative estimate of drug-likeness (QED) is 0.363. The van der Waals surface area contributed by atoms with Gasteiger partial charge in [-0.05, 0) is 31.5 Å². The maximum absolute atomic E-state index is 5.09. The molecule has 0 saturated heterocycles. The zero-order chi connectivity index (χ0) is 18.6. The first-order valence-electron chi connectivity index (χ1n) is 9.57. The van der Waals surface area contributed by atoms with Crippen LogP contribution in [0.2, 0.25) is 0 Å². The van der Waals surface area contributed by atoms with Crippen LogP contribution in [-0.4, -0.2) is 10.3 Å². The number of aryl methyl sites for hydroxylation is 1. The number of nitrogens with zero attached hydrogens (tertiary/aromatic N) is 2. The number of aliphatic imine (C=N–C) groups is 1. The van der Waals surface area contributed by atoms with Crippen LogP contribution in [0, 0.1) is 6.92 Å². The summed E-state index contributed by atoms with van der Waals surface area (Å²) in [6.45, 7) is 5.46. The van der Waals surface area contributed by atoms with Gasteiger partial charge >= 0.3 is 0 Å². The lowest BCUT2D eigenvalue weighted by atomic mass is 9.99. The fraction of sp³-hybridized carbons (Fsp3) is 0.160. The van der Waals surface area contributed by atoms with Gasteiger partial charge in [0.25, 0.3) is 0 Å². The number of rotatable bonds is 5. The third kappa shape index (κ3) is 3.31. The maximum Gasteiger partial charge on any atom is 0.0805 e. The zero-order valence-electron chi connectivity index (χ0n) is 15.9. The summed E-state index contributed by atoms with van der Waals surface area (Å²) in [5, 5.41) is 1.27. The van der Waals surface area contributed by atoms with E-state index in [4.69, 9.17) is 4.99 Å². The van der Waals surface area contributed by atoms with Crippen molar-refractivity contribution in [2.24, 2.45) is 4.99 Å². The van der Waals surface area contributed by atoms with Crippen LogP contribution >= 0.6 is 0 Å². The van der Waals surface area contributed by atoms with E-state index >= 15 is 0 Å². The van der Waals surface area contributed by atoms with Gasteiger partial charge in [0, 0.05) is 34.3 Å². The molecule has 0 bridgehead atoms. The van der Waals surface area contributed by atoms with Gasteiger partial charge in [-0.3, -0.25) is 0 Å². The molecule has 134 valence electrons. The number of aromatic nitrogens is 1. The van der Waals surface area contributed by atoms with Gasteiger partial charge in [0.15, 0.2) is 0 Å². The second kappa shape index (κ2) is 7.63. The average molecular weight is 352 g/mol. The molecule has 0 aliphatic heterocycles. The monoisotopic (exact) mass is 352 g/mol. The van der Waals surface area contributed by atoms with E-state index in [1.165, 1.54) is 22.2 Å². The van der Waals surface area contributed by atoms with Crippen LogP contribution in [0.25, 0.3) is 10.9 Å². The average Bonchev–Trinajstić information content (AvgIpc) is 3.00. The molecule has 27 heavy (non-hydrogen) atoms. The summed E-state index contributed by atoms with van der Waals surface area (Å²) in [7, 11) is 0. The molecule has 0 aliphatic carbocycles. The van der Waals surface area contributed by atoms with E-state index in [2.05, 4.69) is 85.1 Å². The van der Waals surface area contributed by atoms with Gasteiger partial charge in [-0.25, -0.2) is 4.99 Å². The molecule has 2 nitrogen and oxygen atoms in total. The zero-order valence-corrected chi connectivity index (χ0v) is 15.9. The summed E-state index contributed by atoms with van der Waals surface area (Å²) in [4.78, 5) is 5.09. The molecule has 0 spiro atoms. The molecule has 1 heterocycles. The molecular formula is C25H24N2. The van der Waals surface area contributed by atoms with E-state index in [9.17, 15) is 0 Å². The number of hydrogen-bond donors (Lipinski definition) is 0. The van der Waals surface area contributed by atoms with Crippen LogP contribution in [0.1, 0.15) is 30.2 Å². The van der Waals surface area contributed by atoms with E-state index < -0.39 is 0 Å². The highest BCUT2D eigenvalue weighted by molar-refractivity contribution is 6.21. The highest BCUT2D eigenvalue weighted by Crippen LogP contribution is 2.30. The fourth-order valence-electron chi connectivity index (χ4n) is 3.73. The highest BCUT2D eigenvalue weighted by Gasteiger charge is 2.19. The first-order valence-corrected chi connectivity index (χ1v) is 9.57. The van der Waals surface area contributed by atoms with E-state index in [1.807, 2.05) is 18.2 Å². The van der Waals surface area contributed by atoms with Gasteiger partial charge in [-0.15, -0.1) is 0 Å². The van der Waals surface area contributed by atoms with Gasteiger partial charge in [-0.1, -0.05) is 73.7 Å². The molecule has 4 rings (SSSR count). The minimum Gasteiger partial charge on any atom is -0.344 e. The van der Waals surface area contributed by atoms with Crippen LogP contribution in [0.4, 0.5) is 5.69 Å². The molecule has 1 aromatic heterocycles. The lowest BCUT2D eigenvalue weighted by molar-refractivity contribution is 0.685. The summed E-state index contributed by atoms with van der Waals surface area (Å²) < 4.78 is 2.42. The second-order valence-corrected chi connectivity index (χ2v) is 6.79. The lowest BCUT2D eigenvalue weighted by Crippen LogP contribution is -2.06. The van der Waals surface area contributed by atoms with E-state index in [0.29, 0.717) is 0 Å². The molecular weight excluding hydrogens is 328 g/mol. The summed E-state index contributed by atoms with van der Waals surface area (Å²) in [6, 6.07) is 29.4. The third-order valence-electron chi connectivity index (χ3n) is 4.96. The normalized spacial score (nSPS) is 11.9. The summed E-state index contributed by atoms with van der Waals surface area (Å²) >= 11 is 0. The topological polar surface area (TPSA) is 17.3 Å². The molecule has 4 aromatic rings. The highest BCUT2D eigenvalue weighted by atomic mass is 15.0. The number of fused-ring (bicyclic) bond motifs is 1. The number of para-hydroxylation sites is 2. The largest absolute Gasteiger partial charge is 0.344 e. The van der Waals surface area contributed by atoms with Gasteiger partial charge < -0.3 is 4.57 Å². The van der Waals surface area contributed by atoms with Crippen molar-refractivity contribution in [3.05, 3.63) is 102 Å². The molecule has 0 saturated carbocycles.